The lowest BCUT2D eigenvalue weighted by Gasteiger charge is -2.19. The number of thiol groups is 1. The van der Waals surface area contributed by atoms with Crippen molar-refractivity contribution < 1.29 is 10.2 Å². The summed E-state index contributed by atoms with van der Waals surface area (Å²) in [5.41, 5.74) is 7.83. The molecule has 0 saturated heterocycles. The molecule has 0 radical (unpaired) electrons. The van der Waals surface area contributed by atoms with Crippen LogP contribution in [0, 0.1) is 6.92 Å². The summed E-state index contributed by atoms with van der Waals surface area (Å²) in [5.74, 6) is 0.541. The first-order chi connectivity index (χ1) is 7.06. The minimum absolute atomic E-state index is 0.457. The predicted octanol–water partition coefficient (Wildman–Crippen LogP) is 1.29. The third kappa shape index (κ3) is 3.12. The van der Waals surface area contributed by atoms with Crippen LogP contribution in [0.4, 0.5) is 5.69 Å². The molecule has 0 amide bonds. The second-order valence-electron chi connectivity index (χ2n) is 3.64. The van der Waals surface area contributed by atoms with E-state index in [0.717, 1.165) is 5.56 Å². The Kier molecular flexibility index (Phi) is 4.45. The van der Waals surface area contributed by atoms with Crippen molar-refractivity contribution in [2.24, 2.45) is 0 Å². The Labute approximate surface area is 95.3 Å². The topological polar surface area (TPSA) is 66.5 Å². The lowest BCUT2D eigenvalue weighted by atomic mass is 9.98. The monoisotopic (exact) mass is 227 g/mol. The Morgan fingerprint density at radius 3 is 2.67 bits per heavy atom. The molecular weight excluding hydrogens is 210 g/mol. The molecule has 0 heterocycles. The van der Waals surface area contributed by atoms with Gasteiger partial charge in [0.05, 0.1) is 6.10 Å². The van der Waals surface area contributed by atoms with E-state index >= 15 is 0 Å². The number of hydrogen-bond donors (Lipinski definition) is 4. The Balaban J connectivity index is 2.89. The molecule has 1 aromatic rings. The maximum absolute atomic E-state index is 9.89. The highest BCUT2D eigenvalue weighted by molar-refractivity contribution is 7.80. The van der Waals surface area contributed by atoms with Gasteiger partial charge in [-0.3, -0.25) is 0 Å². The molecule has 0 aliphatic rings. The van der Waals surface area contributed by atoms with Crippen molar-refractivity contribution in [2.45, 2.75) is 25.6 Å². The third-order valence-electron chi connectivity index (χ3n) is 2.41. The molecule has 0 bridgehead atoms. The molecule has 0 saturated carbocycles. The summed E-state index contributed by atoms with van der Waals surface area (Å²) in [6.07, 6.45) is -1.22. The normalized spacial score (nSPS) is 14.9. The van der Waals surface area contributed by atoms with Gasteiger partial charge in [-0.05, 0) is 42.4 Å². The van der Waals surface area contributed by atoms with Crippen LogP contribution in [-0.2, 0) is 0 Å². The zero-order valence-corrected chi connectivity index (χ0v) is 9.61. The predicted molar refractivity (Wildman–Crippen MR) is 65.0 cm³/mol. The highest BCUT2D eigenvalue weighted by atomic mass is 32.1. The van der Waals surface area contributed by atoms with Crippen molar-refractivity contribution in [3.05, 3.63) is 29.3 Å². The van der Waals surface area contributed by atoms with Gasteiger partial charge in [0, 0.05) is 5.69 Å². The van der Waals surface area contributed by atoms with Crippen molar-refractivity contribution in [3.63, 3.8) is 0 Å². The number of aliphatic hydroxyl groups excluding tert-OH is 2. The maximum atomic E-state index is 9.89. The van der Waals surface area contributed by atoms with E-state index in [1.165, 1.54) is 0 Å². The molecule has 0 fully saturated rings. The van der Waals surface area contributed by atoms with Crippen molar-refractivity contribution in [3.8, 4) is 0 Å². The maximum Gasteiger partial charge on any atom is 0.105 e. The van der Waals surface area contributed by atoms with Crippen LogP contribution in [0.1, 0.15) is 23.7 Å². The van der Waals surface area contributed by atoms with Gasteiger partial charge in [-0.25, -0.2) is 0 Å². The van der Waals surface area contributed by atoms with Gasteiger partial charge in [0.2, 0.25) is 0 Å². The fraction of sp³-hybridized carbons (Fsp3) is 0.455. The summed E-state index contributed by atoms with van der Waals surface area (Å²) in [4.78, 5) is 0. The largest absolute Gasteiger partial charge is 0.399 e. The van der Waals surface area contributed by atoms with Gasteiger partial charge < -0.3 is 15.9 Å². The molecule has 84 valence electrons. The second-order valence-corrected chi connectivity index (χ2v) is 4.09. The lowest BCUT2D eigenvalue weighted by Crippen LogP contribution is -2.19. The first-order valence-electron chi connectivity index (χ1n) is 4.89. The Morgan fingerprint density at radius 1 is 1.40 bits per heavy atom. The van der Waals surface area contributed by atoms with Crippen molar-refractivity contribution in [1.82, 2.24) is 0 Å². The van der Waals surface area contributed by atoms with Crippen LogP contribution >= 0.6 is 12.6 Å². The van der Waals surface area contributed by atoms with E-state index in [1.807, 2.05) is 13.0 Å². The zero-order valence-electron chi connectivity index (χ0n) is 8.72. The van der Waals surface area contributed by atoms with E-state index in [1.54, 1.807) is 12.1 Å². The van der Waals surface area contributed by atoms with Crippen LogP contribution < -0.4 is 5.73 Å². The zero-order chi connectivity index (χ0) is 11.4. The Morgan fingerprint density at radius 2 is 2.07 bits per heavy atom. The fourth-order valence-electron chi connectivity index (χ4n) is 1.48. The highest BCUT2D eigenvalue weighted by Gasteiger charge is 2.19. The average Bonchev–Trinajstić information content (AvgIpc) is 2.21. The van der Waals surface area contributed by atoms with Crippen molar-refractivity contribution in [1.29, 1.82) is 0 Å². The van der Waals surface area contributed by atoms with E-state index in [4.69, 9.17) is 5.73 Å². The minimum Gasteiger partial charge on any atom is -0.399 e. The molecule has 0 aliphatic heterocycles. The fourth-order valence-corrected chi connectivity index (χ4v) is 1.74. The highest BCUT2D eigenvalue weighted by Crippen LogP contribution is 2.24. The molecular formula is C11H17NO2S. The summed E-state index contributed by atoms with van der Waals surface area (Å²) < 4.78 is 0. The lowest BCUT2D eigenvalue weighted by molar-refractivity contribution is 0.0169. The van der Waals surface area contributed by atoms with Gasteiger partial charge in [0.15, 0.2) is 0 Å². The van der Waals surface area contributed by atoms with Gasteiger partial charge >= 0.3 is 0 Å². The van der Waals surface area contributed by atoms with Crippen LogP contribution in [0.5, 0.6) is 0 Å². The standard InChI is InChI=1S/C11H17NO2S/c1-7-2-3-8(12)6-9(7)11(14)10(13)4-5-15/h2-3,6,10-11,13-15H,4-5,12H2,1H3. The molecule has 0 aliphatic carbocycles. The number of aliphatic hydroxyl groups is 2. The molecule has 1 rings (SSSR count). The first-order valence-corrected chi connectivity index (χ1v) is 5.52. The number of aryl methyl sites for hydroxylation is 1. The van der Waals surface area contributed by atoms with E-state index in [2.05, 4.69) is 12.6 Å². The Bertz CT molecular complexity index is 330. The van der Waals surface area contributed by atoms with Gasteiger partial charge in [-0.1, -0.05) is 6.07 Å². The quantitative estimate of drug-likeness (QED) is 0.463. The first kappa shape index (κ1) is 12.4. The number of hydrogen-bond acceptors (Lipinski definition) is 4. The second kappa shape index (κ2) is 5.39. The van der Waals surface area contributed by atoms with E-state index in [0.29, 0.717) is 23.4 Å². The van der Waals surface area contributed by atoms with Crippen LogP contribution in [-0.4, -0.2) is 22.1 Å². The van der Waals surface area contributed by atoms with Crippen molar-refractivity contribution >= 4 is 18.3 Å². The molecule has 4 N–H and O–H groups in total. The molecule has 0 aromatic heterocycles. The van der Waals surface area contributed by atoms with Crippen molar-refractivity contribution in [2.75, 3.05) is 11.5 Å². The summed E-state index contributed by atoms with van der Waals surface area (Å²) in [6, 6.07) is 5.31. The van der Waals surface area contributed by atoms with Gasteiger partial charge in [-0.15, -0.1) is 0 Å². The molecule has 1 aromatic carbocycles. The summed E-state index contributed by atoms with van der Waals surface area (Å²) >= 11 is 4.02. The number of rotatable bonds is 4. The summed E-state index contributed by atoms with van der Waals surface area (Å²) in [6.45, 7) is 1.88. The number of nitrogens with two attached hydrogens (primary N) is 1. The molecule has 2 atom stereocenters. The van der Waals surface area contributed by atoms with Gasteiger partial charge in [0.25, 0.3) is 0 Å². The molecule has 3 nitrogen and oxygen atoms in total. The SMILES string of the molecule is Cc1ccc(N)cc1C(O)C(O)CCS. The van der Waals surface area contributed by atoms with Crippen LogP contribution in [0.3, 0.4) is 0 Å². The van der Waals surface area contributed by atoms with Crippen LogP contribution in [0.25, 0.3) is 0 Å². The van der Waals surface area contributed by atoms with Gasteiger partial charge in [0.1, 0.15) is 6.10 Å². The van der Waals surface area contributed by atoms with E-state index < -0.39 is 12.2 Å². The number of benzene rings is 1. The molecule has 15 heavy (non-hydrogen) atoms. The Hall–Kier alpha value is -0.710. The smallest absolute Gasteiger partial charge is 0.105 e. The summed E-state index contributed by atoms with van der Waals surface area (Å²) in [7, 11) is 0. The molecule has 4 heteroatoms. The van der Waals surface area contributed by atoms with E-state index in [-0.39, 0.29) is 0 Å². The van der Waals surface area contributed by atoms with Crippen LogP contribution in [0.2, 0.25) is 0 Å². The minimum atomic E-state index is -0.888. The molecule has 0 spiro atoms. The third-order valence-corrected chi connectivity index (χ3v) is 2.67. The number of anilines is 1. The summed E-state index contributed by atoms with van der Waals surface area (Å²) in [5, 5.41) is 19.5. The number of nitrogen functional groups attached to an aromatic ring is 1. The average molecular weight is 227 g/mol. The molecule has 2 unspecified atom stereocenters. The van der Waals surface area contributed by atoms with Gasteiger partial charge in [-0.2, -0.15) is 12.6 Å². The van der Waals surface area contributed by atoms with Crippen LogP contribution in [0.15, 0.2) is 18.2 Å². The van der Waals surface area contributed by atoms with E-state index in [9.17, 15) is 10.2 Å².